The van der Waals surface area contributed by atoms with Gasteiger partial charge in [-0.3, -0.25) is 4.79 Å². The third-order valence-corrected chi connectivity index (χ3v) is 2.44. The summed E-state index contributed by atoms with van der Waals surface area (Å²) in [4.78, 5) is 11.9. The Morgan fingerprint density at radius 1 is 1.07 bits per heavy atom. The van der Waals surface area contributed by atoms with E-state index in [0.717, 1.165) is 12.8 Å². The largest absolute Gasteiger partial charge is 0.341 e. The molecule has 0 amide bonds. The highest BCUT2D eigenvalue weighted by molar-refractivity contribution is 5.86. The van der Waals surface area contributed by atoms with Crippen LogP contribution in [0, 0.1) is 0 Å². The Morgan fingerprint density at radius 2 is 1.60 bits per heavy atom. The molecule has 0 aromatic heterocycles. The van der Waals surface area contributed by atoms with Gasteiger partial charge in [0.15, 0.2) is 5.78 Å². The minimum atomic E-state index is -0.958. The van der Waals surface area contributed by atoms with Crippen LogP contribution in [0.4, 0.5) is 0 Å². The number of hydrogen-bond donors (Lipinski definition) is 0. The molecule has 0 aromatic rings. The second-order valence-electron chi connectivity index (χ2n) is 4.72. The van der Waals surface area contributed by atoms with E-state index < -0.39 is 5.79 Å². The van der Waals surface area contributed by atoms with Gasteiger partial charge in [0.1, 0.15) is 0 Å². The first-order valence-corrected chi connectivity index (χ1v) is 5.85. The maximum Gasteiger partial charge on any atom is 0.229 e. The second-order valence-corrected chi connectivity index (χ2v) is 4.72. The zero-order valence-electron chi connectivity index (χ0n) is 10.2. The summed E-state index contributed by atoms with van der Waals surface area (Å²) in [6.07, 6.45) is 3.28. The van der Waals surface area contributed by atoms with E-state index in [4.69, 9.17) is 9.47 Å². The van der Waals surface area contributed by atoms with Crippen molar-refractivity contribution in [3.05, 3.63) is 0 Å². The topological polar surface area (TPSA) is 35.5 Å². The van der Waals surface area contributed by atoms with Crippen LogP contribution >= 0.6 is 0 Å². The average Bonchev–Trinajstić information content (AvgIpc) is 2.08. The van der Waals surface area contributed by atoms with Crippen LogP contribution in [-0.2, 0) is 14.3 Å². The monoisotopic (exact) mass is 214 g/mol. The SMILES string of the molecule is CC(C)OC1(OC(C)C)CCCCC1=O. The molecule has 0 unspecified atom stereocenters. The minimum Gasteiger partial charge on any atom is -0.341 e. The van der Waals surface area contributed by atoms with Gasteiger partial charge >= 0.3 is 0 Å². The van der Waals surface area contributed by atoms with Crippen LogP contribution in [0.15, 0.2) is 0 Å². The molecule has 3 heteroatoms. The van der Waals surface area contributed by atoms with E-state index in [1.165, 1.54) is 0 Å². The molecule has 0 aliphatic heterocycles. The summed E-state index contributed by atoms with van der Waals surface area (Å²) >= 11 is 0. The van der Waals surface area contributed by atoms with Crippen LogP contribution in [0.3, 0.4) is 0 Å². The highest BCUT2D eigenvalue weighted by Gasteiger charge is 2.43. The van der Waals surface area contributed by atoms with Gasteiger partial charge in [0.25, 0.3) is 0 Å². The van der Waals surface area contributed by atoms with Crippen LogP contribution in [0.1, 0.15) is 53.4 Å². The lowest BCUT2D eigenvalue weighted by molar-refractivity contribution is -0.261. The van der Waals surface area contributed by atoms with Crippen molar-refractivity contribution in [3.8, 4) is 0 Å². The number of ether oxygens (including phenoxy) is 2. The van der Waals surface area contributed by atoms with Crippen LogP contribution in [0.5, 0.6) is 0 Å². The molecule has 0 saturated heterocycles. The second kappa shape index (κ2) is 5.08. The van der Waals surface area contributed by atoms with Gasteiger partial charge in [0.05, 0.1) is 12.2 Å². The van der Waals surface area contributed by atoms with Crippen LogP contribution in [-0.4, -0.2) is 23.8 Å². The standard InChI is InChI=1S/C12H22O3/c1-9(2)14-12(15-10(3)4)8-6-5-7-11(12)13/h9-10H,5-8H2,1-4H3. The molecule has 1 aliphatic carbocycles. The summed E-state index contributed by atoms with van der Waals surface area (Å²) in [6, 6.07) is 0. The number of carbonyl (C=O) groups is 1. The Bertz CT molecular complexity index is 211. The van der Waals surface area contributed by atoms with Crippen LogP contribution < -0.4 is 0 Å². The molecule has 1 saturated carbocycles. The summed E-state index contributed by atoms with van der Waals surface area (Å²) in [7, 11) is 0. The smallest absolute Gasteiger partial charge is 0.229 e. The van der Waals surface area contributed by atoms with Crippen molar-refractivity contribution in [2.75, 3.05) is 0 Å². The maximum atomic E-state index is 11.9. The van der Waals surface area contributed by atoms with Crippen molar-refractivity contribution in [1.82, 2.24) is 0 Å². The number of rotatable bonds is 4. The Kier molecular flexibility index (Phi) is 4.29. The van der Waals surface area contributed by atoms with Gasteiger partial charge in [-0.15, -0.1) is 0 Å². The first-order valence-electron chi connectivity index (χ1n) is 5.85. The Morgan fingerprint density at radius 3 is 2.00 bits per heavy atom. The van der Waals surface area contributed by atoms with E-state index >= 15 is 0 Å². The van der Waals surface area contributed by atoms with Gasteiger partial charge in [-0.05, 0) is 40.5 Å². The average molecular weight is 214 g/mol. The first-order chi connectivity index (χ1) is 6.96. The van der Waals surface area contributed by atoms with E-state index in [0.29, 0.717) is 12.8 Å². The fraction of sp³-hybridized carbons (Fsp3) is 0.917. The van der Waals surface area contributed by atoms with E-state index in [-0.39, 0.29) is 18.0 Å². The molecule has 3 nitrogen and oxygen atoms in total. The maximum absolute atomic E-state index is 11.9. The zero-order chi connectivity index (χ0) is 11.5. The molecule has 1 aliphatic rings. The third-order valence-electron chi connectivity index (χ3n) is 2.44. The lowest BCUT2D eigenvalue weighted by Gasteiger charge is -2.38. The van der Waals surface area contributed by atoms with Gasteiger partial charge in [0.2, 0.25) is 5.79 Å². The van der Waals surface area contributed by atoms with E-state index in [2.05, 4.69) is 0 Å². The summed E-state index contributed by atoms with van der Waals surface area (Å²) < 4.78 is 11.5. The molecule has 0 aromatic carbocycles. The molecular weight excluding hydrogens is 192 g/mol. The van der Waals surface area contributed by atoms with E-state index in [1.807, 2.05) is 27.7 Å². The summed E-state index contributed by atoms with van der Waals surface area (Å²) in [5.41, 5.74) is 0. The predicted octanol–water partition coefficient (Wildman–Crippen LogP) is 2.68. The van der Waals surface area contributed by atoms with Crippen molar-refractivity contribution in [3.63, 3.8) is 0 Å². The highest BCUT2D eigenvalue weighted by atomic mass is 16.7. The fourth-order valence-corrected chi connectivity index (χ4v) is 2.01. The molecule has 88 valence electrons. The van der Waals surface area contributed by atoms with Crippen LogP contribution in [0.25, 0.3) is 0 Å². The van der Waals surface area contributed by atoms with Crippen molar-refractivity contribution in [1.29, 1.82) is 0 Å². The summed E-state index contributed by atoms with van der Waals surface area (Å²) in [6.45, 7) is 7.75. The molecule has 0 bridgehead atoms. The fourth-order valence-electron chi connectivity index (χ4n) is 2.01. The number of Topliss-reactive ketones (excluding diaryl/α,β-unsaturated/α-hetero) is 1. The van der Waals surface area contributed by atoms with Crippen molar-refractivity contribution in [2.24, 2.45) is 0 Å². The lowest BCUT2D eigenvalue weighted by Crippen LogP contribution is -2.49. The Balaban J connectivity index is 2.77. The Hall–Kier alpha value is -0.410. The molecule has 0 spiro atoms. The minimum absolute atomic E-state index is 0.0193. The molecule has 0 radical (unpaired) electrons. The predicted molar refractivity (Wildman–Crippen MR) is 58.6 cm³/mol. The molecular formula is C12H22O3. The quantitative estimate of drug-likeness (QED) is 0.675. The number of ketones is 1. The molecule has 1 fully saturated rings. The molecule has 15 heavy (non-hydrogen) atoms. The van der Waals surface area contributed by atoms with Crippen LogP contribution in [0.2, 0.25) is 0 Å². The van der Waals surface area contributed by atoms with Crippen molar-refractivity contribution in [2.45, 2.75) is 71.4 Å². The molecule has 0 atom stereocenters. The molecule has 0 heterocycles. The van der Waals surface area contributed by atoms with Crippen molar-refractivity contribution < 1.29 is 14.3 Å². The summed E-state index contributed by atoms with van der Waals surface area (Å²) in [5.74, 6) is -0.850. The Labute approximate surface area is 92.1 Å². The van der Waals surface area contributed by atoms with E-state index in [9.17, 15) is 4.79 Å². The van der Waals surface area contributed by atoms with Gasteiger partial charge < -0.3 is 9.47 Å². The molecule has 0 N–H and O–H groups in total. The highest BCUT2D eigenvalue weighted by Crippen LogP contribution is 2.32. The van der Waals surface area contributed by atoms with Gasteiger partial charge in [-0.1, -0.05) is 0 Å². The van der Waals surface area contributed by atoms with Gasteiger partial charge in [-0.25, -0.2) is 0 Å². The van der Waals surface area contributed by atoms with Gasteiger partial charge in [0, 0.05) is 12.8 Å². The van der Waals surface area contributed by atoms with Gasteiger partial charge in [-0.2, -0.15) is 0 Å². The van der Waals surface area contributed by atoms with Crippen molar-refractivity contribution >= 4 is 5.78 Å². The first kappa shape index (κ1) is 12.7. The summed E-state index contributed by atoms with van der Waals surface area (Å²) in [5, 5.41) is 0. The normalized spacial score (nSPS) is 21.3. The third kappa shape index (κ3) is 3.28. The lowest BCUT2D eigenvalue weighted by atomic mass is 9.92. The zero-order valence-corrected chi connectivity index (χ0v) is 10.2. The molecule has 1 rings (SSSR count). The number of carbonyl (C=O) groups excluding carboxylic acids is 1. The van der Waals surface area contributed by atoms with E-state index in [1.54, 1.807) is 0 Å². The number of hydrogen-bond acceptors (Lipinski definition) is 3.